The smallest absolute Gasteiger partial charge is 0.146 e. The molecule has 4 aliphatic carbocycles. The molecule has 0 aliphatic heterocycles. The summed E-state index contributed by atoms with van der Waals surface area (Å²) < 4.78 is 0.954. The van der Waals surface area contributed by atoms with Crippen molar-refractivity contribution in [3.05, 3.63) is 20.7 Å². The fraction of sp³-hybridized carbons (Fsp3) is 0.750. The molecule has 2 nitrogen and oxygen atoms in total. The number of nitrogens with zero attached hydrogens (tertiary/aromatic N) is 2. The van der Waals surface area contributed by atoms with Crippen LogP contribution in [-0.4, -0.2) is 9.97 Å². The van der Waals surface area contributed by atoms with Crippen LogP contribution in [-0.2, 0) is 5.41 Å². The van der Waals surface area contributed by atoms with Crippen LogP contribution in [0.25, 0.3) is 0 Å². The van der Waals surface area contributed by atoms with Crippen molar-refractivity contribution in [2.45, 2.75) is 57.8 Å². The van der Waals surface area contributed by atoms with E-state index in [0.717, 1.165) is 15.3 Å². The average molecular weight is 403 g/mol. The average Bonchev–Trinajstić information content (AvgIpc) is 2.27. The van der Waals surface area contributed by atoms with Gasteiger partial charge in [0.25, 0.3) is 0 Å². The molecule has 20 heavy (non-hydrogen) atoms. The molecule has 1 heterocycles. The Bertz CT molecular complexity index is 570. The minimum absolute atomic E-state index is 0.191. The van der Waals surface area contributed by atoms with Gasteiger partial charge < -0.3 is 0 Å². The van der Waals surface area contributed by atoms with Crippen molar-refractivity contribution in [2.75, 3.05) is 0 Å². The van der Waals surface area contributed by atoms with E-state index < -0.39 is 0 Å². The largest absolute Gasteiger partial charge is 0.240 e. The number of halogens is 2. The van der Waals surface area contributed by atoms with Crippen molar-refractivity contribution in [1.82, 2.24) is 9.97 Å². The Morgan fingerprint density at radius 1 is 1.15 bits per heavy atom. The Morgan fingerprint density at radius 2 is 1.80 bits per heavy atom. The summed E-state index contributed by atoms with van der Waals surface area (Å²) in [7, 11) is 0. The molecule has 108 valence electrons. The van der Waals surface area contributed by atoms with E-state index >= 15 is 0 Å². The van der Waals surface area contributed by atoms with E-state index in [1.165, 1.54) is 38.5 Å². The van der Waals surface area contributed by atoms with Crippen LogP contribution in [0.1, 0.15) is 58.2 Å². The zero-order chi connectivity index (χ0) is 14.2. The van der Waals surface area contributed by atoms with Crippen LogP contribution in [0, 0.1) is 20.3 Å². The van der Waals surface area contributed by atoms with Crippen molar-refractivity contribution in [2.24, 2.45) is 16.7 Å². The third-order valence-electron chi connectivity index (χ3n) is 5.80. The molecule has 5 rings (SSSR count). The maximum Gasteiger partial charge on any atom is 0.146 e. The molecular formula is C16H20ClIN2. The molecule has 0 amide bonds. The van der Waals surface area contributed by atoms with E-state index in [4.69, 9.17) is 11.6 Å². The molecule has 4 heteroatoms. The summed E-state index contributed by atoms with van der Waals surface area (Å²) in [6, 6.07) is 0. The van der Waals surface area contributed by atoms with Gasteiger partial charge in [0, 0.05) is 11.6 Å². The third kappa shape index (κ3) is 1.95. The summed E-state index contributed by atoms with van der Waals surface area (Å²) in [5.41, 5.74) is 1.18. The fourth-order valence-electron chi connectivity index (χ4n) is 6.30. The van der Waals surface area contributed by atoms with Crippen molar-refractivity contribution in [3.8, 4) is 0 Å². The zero-order valence-electron chi connectivity index (χ0n) is 12.0. The topological polar surface area (TPSA) is 25.8 Å². The van der Waals surface area contributed by atoms with Gasteiger partial charge in [-0.05, 0) is 77.9 Å². The summed E-state index contributed by atoms with van der Waals surface area (Å²) in [6.07, 6.45) is 9.87. The number of hydrogen-bond acceptors (Lipinski definition) is 2. The second kappa shape index (κ2) is 4.09. The van der Waals surface area contributed by atoms with Crippen molar-refractivity contribution in [3.63, 3.8) is 0 Å². The summed E-state index contributed by atoms with van der Waals surface area (Å²) >= 11 is 8.47. The van der Waals surface area contributed by atoms with Crippen LogP contribution in [0.2, 0.25) is 5.15 Å². The molecule has 0 aromatic carbocycles. The molecule has 2 unspecified atom stereocenters. The maximum atomic E-state index is 6.26. The number of aromatic nitrogens is 2. The maximum absolute atomic E-state index is 6.26. The van der Waals surface area contributed by atoms with E-state index in [0.29, 0.717) is 16.0 Å². The SMILES string of the molecule is CC12CC3CC(C)(C1)CC(c1ncc(I)c(Cl)n1)(C3)C2. The van der Waals surface area contributed by atoms with Gasteiger partial charge in [-0.3, -0.25) is 0 Å². The lowest BCUT2D eigenvalue weighted by Crippen LogP contribution is -2.57. The first-order valence-electron chi connectivity index (χ1n) is 7.50. The summed E-state index contributed by atoms with van der Waals surface area (Å²) in [4.78, 5) is 9.36. The van der Waals surface area contributed by atoms with Crippen molar-refractivity contribution < 1.29 is 0 Å². The third-order valence-corrected chi connectivity index (χ3v) is 7.20. The molecule has 4 saturated carbocycles. The lowest BCUT2D eigenvalue weighted by molar-refractivity contribution is -0.112. The highest BCUT2D eigenvalue weighted by Crippen LogP contribution is 2.69. The molecule has 4 aliphatic rings. The molecule has 4 fully saturated rings. The number of rotatable bonds is 1. The fourth-order valence-corrected chi connectivity index (χ4v) is 6.69. The molecule has 1 aromatic heterocycles. The van der Waals surface area contributed by atoms with Crippen LogP contribution >= 0.6 is 34.2 Å². The van der Waals surface area contributed by atoms with Crippen molar-refractivity contribution >= 4 is 34.2 Å². The van der Waals surface area contributed by atoms with Gasteiger partial charge >= 0.3 is 0 Å². The van der Waals surface area contributed by atoms with Gasteiger partial charge in [-0.2, -0.15) is 0 Å². The minimum atomic E-state index is 0.191. The van der Waals surface area contributed by atoms with Crippen LogP contribution in [0.5, 0.6) is 0 Å². The Labute approximate surface area is 139 Å². The summed E-state index contributed by atoms with van der Waals surface area (Å²) in [6.45, 7) is 4.97. The van der Waals surface area contributed by atoms with Crippen molar-refractivity contribution in [1.29, 1.82) is 0 Å². The monoisotopic (exact) mass is 402 g/mol. The molecule has 2 atom stereocenters. The van der Waals surface area contributed by atoms with Gasteiger partial charge in [0.05, 0.1) is 3.57 Å². The Morgan fingerprint density at radius 3 is 2.35 bits per heavy atom. The van der Waals surface area contributed by atoms with Crippen LogP contribution in [0.15, 0.2) is 6.20 Å². The highest BCUT2D eigenvalue weighted by Gasteiger charge is 2.61. The molecule has 0 N–H and O–H groups in total. The zero-order valence-corrected chi connectivity index (χ0v) is 15.0. The van der Waals surface area contributed by atoms with E-state index in [-0.39, 0.29) is 5.41 Å². The lowest BCUT2D eigenvalue weighted by Gasteiger charge is -2.64. The van der Waals surface area contributed by atoms with Gasteiger partial charge in [-0.1, -0.05) is 25.4 Å². The molecule has 0 radical (unpaired) electrons. The Kier molecular flexibility index (Phi) is 2.81. The normalized spacial score (nSPS) is 45.9. The predicted octanol–water partition coefficient (Wildman–Crippen LogP) is 4.98. The Balaban J connectivity index is 1.82. The van der Waals surface area contributed by atoms with Gasteiger partial charge in [-0.25, -0.2) is 9.97 Å². The lowest BCUT2D eigenvalue weighted by atomic mass is 9.40. The first-order valence-corrected chi connectivity index (χ1v) is 8.96. The van der Waals surface area contributed by atoms with Crippen LogP contribution in [0.3, 0.4) is 0 Å². The van der Waals surface area contributed by atoms with E-state index in [9.17, 15) is 0 Å². The van der Waals surface area contributed by atoms with E-state index in [1.54, 1.807) is 0 Å². The minimum Gasteiger partial charge on any atom is -0.240 e. The van der Waals surface area contributed by atoms with E-state index in [2.05, 4.69) is 46.4 Å². The molecule has 4 bridgehead atoms. The first kappa shape index (κ1) is 13.7. The second-order valence-electron chi connectivity index (χ2n) is 8.24. The second-order valence-corrected chi connectivity index (χ2v) is 9.76. The van der Waals surface area contributed by atoms with Crippen LogP contribution in [0.4, 0.5) is 0 Å². The summed E-state index contributed by atoms with van der Waals surface area (Å²) in [5.74, 6) is 1.88. The standard InChI is InChI=1S/C16H20ClIN2/c1-14-3-10-4-15(2,7-14)9-16(5-10,8-14)13-19-6-11(18)12(17)20-13/h6,10H,3-5,7-9H2,1-2H3. The van der Waals surface area contributed by atoms with Crippen LogP contribution < -0.4 is 0 Å². The highest BCUT2D eigenvalue weighted by molar-refractivity contribution is 14.1. The van der Waals surface area contributed by atoms with Gasteiger partial charge in [-0.15, -0.1) is 0 Å². The molecular weight excluding hydrogens is 383 g/mol. The van der Waals surface area contributed by atoms with Gasteiger partial charge in [0.1, 0.15) is 11.0 Å². The molecule has 1 aromatic rings. The number of hydrogen-bond donors (Lipinski definition) is 0. The highest BCUT2D eigenvalue weighted by atomic mass is 127. The van der Waals surface area contributed by atoms with Gasteiger partial charge in [0.15, 0.2) is 0 Å². The quantitative estimate of drug-likeness (QED) is 0.489. The predicted molar refractivity (Wildman–Crippen MR) is 88.8 cm³/mol. The molecule has 0 spiro atoms. The van der Waals surface area contributed by atoms with E-state index in [1.807, 2.05) is 6.20 Å². The first-order chi connectivity index (χ1) is 9.32. The van der Waals surface area contributed by atoms with Gasteiger partial charge in [0.2, 0.25) is 0 Å². The molecule has 0 saturated heterocycles. The summed E-state index contributed by atoms with van der Waals surface area (Å²) in [5, 5.41) is 0.627. The Hall–Kier alpha value is 0.1000.